The normalized spacial score (nSPS) is 17.0. The largest absolute Gasteiger partial charge is 0.491 e. The van der Waals surface area contributed by atoms with E-state index in [1.165, 1.54) is 17.0 Å². The number of fused-ring (bicyclic) bond motifs is 1. The molecule has 1 aliphatic rings. The van der Waals surface area contributed by atoms with Crippen molar-refractivity contribution in [3.05, 3.63) is 58.1 Å². The fourth-order valence-corrected chi connectivity index (χ4v) is 4.45. The van der Waals surface area contributed by atoms with Crippen molar-refractivity contribution in [1.82, 2.24) is 4.90 Å². The van der Waals surface area contributed by atoms with Gasteiger partial charge < -0.3 is 30.1 Å². The number of rotatable bonds is 11. The maximum Gasteiger partial charge on any atom is 0.268 e. The second-order valence-corrected chi connectivity index (χ2v) is 8.16. The highest BCUT2D eigenvalue weighted by Gasteiger charge is 2.54. The van der Waals surface area contributed by atoms with Gasteiger partial charge in [0.1, 0.15) is 12.4 Å². The van der Waals surface area contributed by atoms with Crippen molar-refractivity contribution in [3.63, 3.8) is 0 Å². The van der Waals surface area contributed by atoms with Crippen LogP contribution in [0.4, 0.5) is 5.69 Å². The van der Waals surface area contributed by atoms with Crippen molar-refractivity contribution in [2.75, 3.05) is 51.4 Å². The topological polar surface area (TPSA) is 105 Å². The molecule has 2 aromatic rings. The van der Waals surface area contributed by atoms with E-state index < -0.39 is 17.4 Å². The monoisotopic (exact) mass is 511 g/mol. The summed E-state index contributed by atoms with van der Waals surface area (Å²) in [5.74, 6) is -0.887. The Bertz CT molecular complexity index is 1030. The molecule has 0 bridgehead atoms. The Kier molecular flexibility index (Phi) is 9.73. The Labute approximate surface area is 211 Å². The van der Waals surface area contributed by atoms with E-state index in [0.717, 1.165) is 13.1 Å². The Morgan fingerprint density at radius 3 is 2.50 bits per heavy atom. The van der Waals surface area contributed by atoms with Crippen molar-refractivity contribution in [3.8, 4) is 5.75 Å². The van der Waals surface area contributed by atoms with E-state index in [-0.39, 0.29) is 40.7 Å². The van der Waals surface area contributed by atoms with Gasteiger partial charge in [0.05, 0.1) is 17.3 Å². The van der Waals surface area contributed by atoms with Crippen LogP contribution in [0, 0.1) is 0 Å². The minimum atomic E-state index is -2.09. The molecule has 0 saturated carbocycles. The first-order valence-corrected chi connectivity index (χ1v) is 11.3. The SMILES string of the molecule is CCN(CC)CCN1C(=O)C(O)(c2ccccc2OCCOC)c2c(Cl)cc(C(N)=O)cc21.Cl. The summed E-state index contributed by atoms with van der Waals surface area (Å²) in [4.78, 5) is 29.3. The number of para-hydroxylation sites is 1. The van der Waals surface area contributed by atoms with Gasteiger partial charge in [0.15, 0.2) is 0 Å². The van der Waals surface area contributed by atoms with Crippen LogP contribution in [0.2, 0.25) is 5.02 Å². The Hall–Kier alpha value is -2.36. The summed E-state index contributed by atoms with van der Waals surface area (Å²) in [6, 6.07) is 9.68. The van der Waals surface area contributed by atoms with Crippen LogP contribution in [0.3, 0.4) is 0 Å². The Morgan fingerprint density at radius 2 is 1.88 bits per heavy atom. The standard InChI is InChI=1S/C24H30ClN3O5.ClH/c1-4-27(5-2)10-11-28-19-15-16(22(26)29)14-18(25)21(19)24(31,23(28)30)17-8-6-7-9-20(17)33-13-12-32-3;/h6-9,14-15,31H,4-5,10-13H2,1-3H3,(H2,26,29);1H. The molecule has 34 heavy (non-hydrogen) atoms. The smallest absolute Gasteiger partial charge is 0.268 e. The number of methoxy groups -OCH3 is 1. The molecule has 3 N–H and O–H groups in total. The van der Waals surface area contributed by atoms with Crippen LogP contribution in [0.25, 0.3) is 0 Å². The highest BCUT2D eigenvalue weighted by Crippen LogP contribution is 2.50. The third kappa shape index (κ3) is 5.16. The van der Waals surface area contributed by atoms with Crippen LogP contribution in [-0.2, 0) is 15.1 Å². The number of benzene rings is 2. The van der Waals surface area contributed by atoms with E-state index in [1.54, 1.807) is 31.4 Å². The van der Waals surface area contributed by atoms with Gasteiger partial charge in [-0.2, -0.15) is 0 Å². The predicted molar refractivity (Wildman–Crippen MR) is 134 cm³/mol. The first-order valence-electron chi connectivity index (χ1n) is 10.9. The van der Waals surface area contributed by atoms with Crippen LogP contribution in [0.1, 0.15) is 35.3 Å². The highest BCUT2D eigenvalue weighted by molar-refractivity contribution is 6.34. The van der Waals surface area contributed by atoms with E-state index in [0.29, 0.717) is 31.1 Å². The molecule has 186 valence electrons. The number of amides is 2. The molecule has 0 fully saturated rings. The fourth-order valence-electron chi connectivity index (χ4n) is 4.10. The van der Waals surface area contributed by atoms with Crippen molar-refractivity contribution in [2.45, 2.75) is 19.4 Å². The van der Waals surface area contributed by atoms with Gasteiger partial charge >= 0.3 is 0 Å². The number of hydrogen-bond acceptors (Lipinski definition) is 6. The maximum atomic E-state index is 13.8. The molecule has 0 aliphatic carbocycles. The number of likely N-dealkylation sites (N-methyl/N-ethyl adjacent to an activating group) is 1. The van der Waals surface area contributed by atoms with Crippen LogP contribution in [0.5, 0.6) is 5.75 Å². The van der Waals surface area contributed by atoms with Gasteiger partial charge in [-0.05, 0) is 31.3 Å². The minimum absolute atomic E-state index is 0. The third-order valence-corrected chi connectivity index (χ3v) is 6.22. The van der Waals surface area contributed by atoms with Crippen molar-refractivity contribution < 1.29 is 24.2 Å². The average molecular weight is 512 g/mol. The molecule has 1 atom stereocenters. The number of halogens is 2. The molecule has 1 unspecified atom stereocenters. The van der Waals surface area contributed by atoms with Crippen LogP contribution < -0.4 is 15.4 Å². The first kappa shape index (κ1) is 27.9. The lowest BCUT2D eigenvalue weighted by Gasteiger charge is -2.27. The summed E-state index contributed by atoms with van der Waals surface area (Å²) in [5, 5.41) is 12.0. The van der Waals surface area contributed by atoms with Gasteiger partial charge in [-0.3, -0.25) is 9.59 Å². The summed E-state index contributed by atoms with van der Waals surface area (Å²) in [6.45, 7) is 7.17. The number of nitrogens with zero attached hydrogens (tertiary/aromatic N) is 2. The molecule has 1 aliphatic heterocycles. The lowest BCUT2D eigenvalue weighted by molar-refractivity contribution is -0.132. The number of ether oxygens (including phenoxy) is 2. The van der Waals surface area contributed by atoms with E-state index in [1.807, 2.05) is 13.8 Å². The zero-order chi connectivity index (χ0) is 24.2. The lowest BCUT2D eigenvalue weighted by atomic mass is 9.86. The molecule has 0 aromatic heterocycles. The lowest BCUT2D eigenvalue weighted by Crippen LogP contribution is -2.44. The summed E-state index contributed by atoms with van der Waals surface area (Å²) >= 11 is 6.56. The van der Waals surface area contributed by atoms with E-state index in [4.69, 9.17) is 26.8 Å². The summed E-state index contributed by atoms with van der Waals surface area (Å²) in [7, 11) is 1.56. The minimum Gasteiger partial charge on any atom is -0.491 e. The van der Waals surface area contributed by atoms with Gasteiger partial charge in [-0.1, -0.05) is 43.6 Å². The Morgan fingerprint density at radius 1 is 1.21 bits per heavy atom. The summed E-state index contributed by atoms with van der Waals surface area (Å²) in [6.07, 6.45) is 0. The number of carbonyl (C=O) groups is 2. The third-order valence-electron chi connectivity index (χ3n) is 5.92. The van der Waals surface area contributed by atoms with Gasteiger partial charge in [0, 0.05) is 36.9 Å². The number of primary amides is 1. The average Bonchev–Trinajstić information content (AvgIpc) is 3.02. The van der Waals surface area contributed by atoms with E-state index in [9.17, 15) is 14.7 Å². The summed E-state index contributed by atoms with van der Waals surface area (Å²) < 4.78 is 10.9. The zero-order valence-electron chi connectivity index (χ0n) is 19.5. The molecule has 0 spiro atoms. The van der Waals surface area contributed by atoms with Gasteiger partial charge in [0.25, 0.3) is 5.91 Å². The summed E-state index contributed by atoms with van der Waals surface area (Å²) in [5.41, 5.74) is 4.41. The van der Waals surface area contributed by atoms with E-state index >= 15 is 0 Å². The van der Waals surface area contributed by atoms with Crippen molar-refractivity contribution in [1.29, 1.82) is 0 Å². The molecule has 2 amide bonds. The van der Waals surface area contributed by atoms with Crippen molar-refractivity contribution >= 4 is 41.5 Å². The molecule has 0 saturated heterocycles. The number of hydrogen-bond donors (Lipinski definition) is 2. The number of nitrogens with two attached hydrogens (primary N) is 1. The molecule has 8 nitrogen and oxygen atoms in total. The molecular formula is C24H31Cl2N3O5. The first-order chi connectivity index (χ1) is 15.8. The molecule has 3 rings (SSSR count). The maximum absolute atomic E-state index is 13.8. The number of anilines is 1. The fraction of sp³-hybridized carbons (Fsp3) is 0.417. The quantitative estimate of drug-likeness (QED) is 0.449. The second-order valence-electron chi connectivity index (χ2n) is 7.75. The molecule has 2 aromatic carbocycles. The van der Waals surface area contributed by atoms with E-state index in [2.05, 4.69) is 4.90 Å². The van der Waals surface area contributed by atoms with Gasteiger partial charge in [-0.15, -0.1) is 12.4 Å². The number of carbonyl (C=O) groups excluding carboxylic acids is 2. The number of aliphatic hydroxyl groups is 1. The molecule has 1 heterocycles. The zero-order valence-corrected chi connectivity index (χ0v) is 21.1. The highest BCUT2D eigenvalue weighted by atomic mass is 35.5. The predicted octanol–water partition coefficient (Wildman–Crippen LogP) is 2.81. The molecular weight excluding hydrogens is 481 g/mol. The van der Waals surface area contributed by atoms with Gasteiger partial charge in [0.2, 0.25) is 11.5 Å². The van der Waals surface area contributed by atoms with Crippen molar-refractivity contribution in [2.24, 2.45) is 5.73 Å². The Balaban J connectivity index is 0.00000408. The second kappa shape index (κ2) is 11.9. The van der Waals surface area contributed by atoms with Crippen LogP contribution in [0.15, 0.2) is 36.4 Å². The van der Waals surface area contributed by atoms with Gasteiger partial charge in [-0.25, -0.2) is 0 Å². The molecule has 0 radical (unpaired) electrons. The van der Waals surface area contributed by atoms with Crippen LogP contribution >= 0.6 is 24.0 Å². The molecule has 10 heteroatoms. The van der Waals surface area contributed by atoms with Crippen LogP contribution in [-0.4, -0.2) is 68.3 Å².